The number of sulfone groups is 1. The maximum atomic E-state index is 14.9. The SMILES string of the molecule is CC1(C)C(=O)N(c2cc(-c3cc(Cl)c4c(N)ncnn34)ccc2F)CCN1C(=O)CS(C)(=O)=O. The number of aromatic nitrogens is 3. The maximum Gasteiger partial charge on any atom is 0.252 e. The summed E-state index contributed by atoms with van der Waals surface area (Å²) in [6.45, 7) is 3.04. The molecule has 13 heteroatoms. The summed E-state index contributed by atoms with van der Waals surface area (Å²) in [5.74, 6) is -2.38. The number of hydrogen-bond acceptors (Lipinski definition) is 7. The van der Waals surface area contributed by atoms with Crippen LogP contribution >= 0.6 is 11.6 Å². The van der Waals surface area contributed by atoms with Crippen LogP contribution in [0.4, 0.5) is 15.9 Å². The van der Waals surface area contributed by atoms with Crippen molar-refractivity contribution in [1.29, 1.82) is 0 Å². The van der Waals surface area contributed by atoms with E-state index in [1.165, 1.54) is 52.7 Å². The number of anilines is 2. The van der Waals surface area contributed by atoms with E-state index in [1.807, 2.05) is 0 Å². The molecule has 0 unspecified atom stereocenters. The van der Waals surface area contributed by atoms with Crippen molar-refractivity contribution in [2.45, 2.75) is 19.4 Å². The van der Waals surface area contributed by atoms with Crippen LogP contribution in [-0.2, 0) is 19.4 Å². The second kappa shape index (κ2) is 8.20. The van der Waals surface area contributed by atoms with Gasteiger partial charge in [0.15, 0.2) is 15.7 Å². The Hall–Kier alpha value is -3.25. The third-order valence-electron chi connectivity index (χ3n) is 5.75. The summed E-state index contributed by atoms with van der Waals surface area (Å²) in [5.41, 5.74) is 5.98. The van der Waals surface area contributed by atoms with Crippen LogP contribution in [0.2, 0.25) is 5.02 Å². The molecule has 2 N–H and O–H groups in total. The minimum Gasteiger partial charge on any atom is -0.382 e. The molecule has 10 nitrogen and oxygen atoms in total. The summed E-state index contributed by atoms with van der Waals surface area (Å²) in [4.78, 5) is 32.3. The van der Waals surface area contributed by atoms with Crippen molar-refractivity contribution in [2.75, 3.05) is 35.7 Å². The molecule has 0 aliphatic carbocycles. The summed E-state index contributed by atoms with van der Waals surface area (Å²) in [6, 6.07) is 5.86. The van der Waals surface area contributed by atoms with Gasteiger partial charge in [-0.15, -0.1) is 0 Å². The lowest BCUT2D eigenvalue weighted by Crippen LogP contribution is -2.65. The lowest BCUT2D eigenvalue weighted by molar-refractivity contribution is -0.145. The van der Waals surface area contributed by atoms with E-state index in [0.717, 1.165) is 6.26 Å². The zero-order valence-corrected chi connectivity index (χ0v) is 20.2. The zero-order valence-electron chi connectivity index (χ0n) is 18.6. The van der Waals surface area contributed by atoms with Crippen LogP contribution in [-0.4, -0.2) is 70.4 Å². The summed E-state index contributed by atoms with van der Waals surface area (Å²) < 4.78 is 39.6. The van der Waals surface area contributed by atoms with Crippen LogP contribution in [0, 0.1) is 5.82 Å². The van der Waals surface area contributed by atoms with Crippen molar-refractivity contribution >= 4 is 50.3 Å². The first kappa shape index (κ1) is 23.9. The Labute approximate surface area is 200 Å². The normalized spacial score (nSPS) is 16.3. The quantitative estimate of drug-likeness (QED) is 0.568. The molecule has 3 aromatic rings. The van der Waals surface area contributed by atoms with E-state index in [4.69, 9.17) is 17.3 Å². The van der Waals surface area contributed by atoms with E-state index in [2.05, 4.69) is 10.1 Å². The number of amides is 2. The number of halogens is 2. The number of fused-ring (bicyclic) bond motifs is 1. The smallest absolute Gasteiger partial charge is 0.252 e. The fourth-order valence-electron chi connectivity index (χ4n) is 4.10. The molecule has 2 aromatic heterocycles. The lowest BCUT2D eigenvalue weighted by Gasteiger charge is -2.45. The molecule has 3 heterocycles. The predicted octanol–water partition coefficient (Wildman–Crippen LogP) is 1.77. The van der Waals surface area contributed by atoms with Crippen molar-refractivity contribution in [3.05, 3.63) is 41.4 Å². The van der Waals surface area contributed by atoms with Gasteiger partial charge in [-0.25, -0.2) is 22.3 Å². The van der Waals surface area contributed by atoms with E-state index in [0.29, 0.717) is 21.8 Å². The van der Waals surface area contributed by atoms with Crippen molar-refractivity contribution in [1.82, 2.24) is 19.5 Å². The first-order valence-corrected chi connectivity index (χ1v) is 12.6. The van der Waals surface area contributed by atoms with Crippen LogP contribution in [0.25, 0.3) is 16.8 Å². The van der Waals surface area contributed by atoms with Crippen LogP contribution in [0.15, 0.2) is 30.6 Å². The van der Waals surface area contributed by atoms with Crippen LogP contribution in [0.1, 0.15) is 13.8 Å². The number of benzene rings is 1. The molecule has 0 radical (unpaired) electrons. The monoisotopic (exact) mass is 508 g/mol. The summed E-state index contributed by atoms with van der Waals surface area (Å²) in [6.07, 6.45) is 2.22. The standard InChI is InChI=1S/C21H22ClFN6O4S/c1-21(2)20(31)27(6-7-28(21)17(30)10-34(3,32)33)16-8-12(4-5-14(16)23)15-9-13(22)18-19(24)25-11-26-29(15)18/h4-5,8-9,11H,6-7,10H2,1-3H3,(H2,24,25,26). The highest BCUT2D eigenvalue weighted by molar-refractivity contribution is 7.91. The zero-order chi connectivity index (χ0) is 25.0. The first-order valence-electron chi connectivity index (χ1n) is 10.2. The van der Waals surface area contributed by atoms with Gasteiger partial charge in [0.05, 0.1) is 16.4 Å². The Balaban J connectivity index is 1.72. The molecule has 180 valence electrons. The number of carbonyl (C=O) groups excluding carboxylic acids is 2. The molecule has 1 fully saturated rings. The fourth-order valence-corrected chi connectivity index (χ4v) is 4.99. The van der Waals surface area contributed by atoms with Gasteiger partial charge >= 0.3 is 0 Å². The Kier molecular flexibility index (Phi) is 5.76. The average Bonchev–Trinajstić information content (AvgIpc) is 3.07. The van der Waals surface area contributed by atoms with Crippen molar-refractivity contribution < 1.29 is 22.4 Å². The summed E-state index contributed by atoms with van der Waals surface area (Å²) in [5, 5.41) is 4.49. The molecule has 34 heavy (non-hydrogen) atoms. The highest BCUT2D eigenvalue weighted by Gasteiger charge is 2.45. The second-order valence-corrected chi connectivity index (χ2v) is 11.1. The number of nitrogens with zero attached hydrogens (tertiary/aromatic N) is 5. The second-order valence-electron chi connectivity index (χ2n) is 8.58. The molecular weight excluding hydrogens is 487 g/mol. The van der Waals surface area contributed by atoms with Gasteiger partial charge in [-0.1, -0.05) is 11.6 Å². The lowest BCUT2D eigenvalue weighted by atomic mass is 9.96. The Morgan fingerprint density at radius 1 is 1.26 bits per heavy atom. The molecule has 1 saturated heterocycles. The molecule has 1 aliphatic heterocycles. The highest BCUT2D eigenvalue weighted by atomic mass is 35.5. The topological polar surface area (TPSA) is 131 Å². The molecule has 0 atom stereocenters. The Morgan fingerprint density at radius 2 is 1.97 bits per heavy atom. The van der Waals surface area contributed by atoms with Crippen LogP contribution in [0.5, 0.6) is 0 Å². The number of piperazine rings is 1. The minimum atomic E-state index is -3.58. The number of nitrogen functional groups attached to an aromatic ring is 1. The van der Waals surface area contributed by atoms with Crippen molar-refractivity contribution in [3.8, 4) is 11.3 Å². The molecule has 1 aliphatic rings. The highest BCUT2D eigenvalue weighted by Crippen LogP contribution is 2.35. The van der Waals surface area contributed by atoms with Gasteiger partial charge < -0.3 is 15.5 Å². The molecule has 4 rings (SSSR count). The minimum absolute atomic E-state index is 0.0110. The van der Waals surface area contributed by atoms with Crippen LogP contribution in [0.3, 0.4) is 0 Å². The molecule has 0 spiro atoms. The van der Waals surface area contributed by atoms with Gasteiger partial charge in [-0.2, -0.15) is 5.10 Å². The first-order chi connectivity index (χ1) is 15.8. The van der Waals surface area contributed by atoms with Gasteiger partial charge in [0.1, 0.15) is 29.0 Å². The van der Waals surface area contributed by atoms with Gasteiger partial charge in [0, 0.05) is 24.9 Å². The largest absolute Gasteiger partial charge is 0.382 e. The van der Waals surface area contributed by atoms with E-state index >= 15 is 0 Å². The summed E-state index contributed by atoms with van der Waals surface area (Å²) >= 11 is 6.30. The van der Waals surface area contributed by atoms with Crippen molar-refractivity contribution in [2.24, 2.45) is 0 Å². The van der Waals surface area contributed by atoms with E-state index < -0.39 is 38.8 Å². The molecule has 0 bridgehead atoms. The number of nitrogens with two attached hydrogens (primary N) is 1. The molecular formula is C21H22ClFN6O4S. The van der Waals surface area contributed by atoms with E-state index in [-0.39, 0.29) is 24.6 Å². The van der Waals surface area contributed by atoms with Gasteiger partial charge in [0.25, 0.3) is 5.91 Å². The summed E-state index contributed by atoms with van der Waals surface area (Å²) in [7, 11) is -3.58. The van der Waals surface area contributed by atoms with E-state index in [1.54, 1.807) is 6.07 Å². The Bertz CT molecular complexity index is 1440. The Morgan fingerprint density at radius 3 is 2.65 bits per heavy atom. The number of hydrogen-bond donors (Lipinski definition) is 1. The van der Waals surface area contributed by atoms with E-state index in [9.17, 15) is 22.4 Å². The van der Waals surface area contributed by atoms with Crippen molar-refractivity contribution in [3.63, 3.8) is 0 Å². The molecule has 2 amide bonds. The molecule has 0 saturated carbocycles. The predicted molar refractivity (Wildman–Crippen MR) is 126 cm³/mol. The van der Waals surface area contributed by atoms with Crippen LogP contribution < -0.4 is 10.6 Å². The average molecular weight is 509 g/mol. The number of carbonyl (C=O) groups is 2. The maximum absolute atomic E-state index is 14.9. The van der Waals surface area contributed by atoms with Gasteiger partial charge in [-0.3, -0.25) is 9.59 Å². The molecule has 1 aromatic carbocycles. The number of rotatable bonds is 4. The third-order valence-corrected chi connectivity index (χ3v) is 6.81. The third kappa shape index (κ3) is 4.07. The van der Waals surface area contributed by atoms with Gasteiger partial charge in [0.2, 0.25) is 5.91 Å². The van der Waals surface area contributed by atoms with Gasteiger partial charge in [-0.05, 0) is 38.1 Å². The fraction of sp³-hybridized carbons (Fsp3) is 0.333.